The van der Waals surface area contributed by atoms with E-state index < -0.39 is 0 Å². The third-order valence-corrected chi connectivity index (χ3v) is 3.41. The SMILES string of the molecule is CC(C)(C)C(CN)n1ccc2ccc(C#N)cc21. The van der Waals surface area contributed by atoms with Crippen molar-refractivity contribution in [1.29, 1.82) is 5.26 Å². The molecular formula is C15H19N3. The van der Waals surface area contributed by atoms with Gasteiger partial charge in [-0.1, -0.05) is 26.8 Å². The average molecular weight is 241 g/mol. The number of nitrogens with zero attached hydrogens (tertiary/aromatic N) is 2. The molecule has 1 unspecified atom stereocenters. The number of rotatable bonds is 2. The predicted molar refractivity (Wildman–Crippen MR) is 74.2 cm³/mol. The van der Waals surface area contributed by atoms with Gasteiger partial charge in [-0.05, 0) is 29.0 Å². The van der Waals surface area contributed by atoms with Crippen molar-refractivity contribution in [2.75, 3.05) is 6.54 Å². The summed E-state index contributed by atoms with van der Waals surface area (Å²) in [5, 5.41) is 10.1. The van der Waals surface area contributed by atoms with E-state index in [-0.39, 0.29) is 11.5 Å². The van der Waals surface area contributed by atoms with Crippen molar-refractivity contribution in [3.05, 3.63) is 36.0 Å². The van der Waals surface area contributed by atoms with E-state index in [0.717, 1.165) is 10.9 Å². The van der Waals surface area contributed by atoms with Gasteiger partial charge in [0, 0.05) is 18.3 Å². The zero-order valence-electron chi connectivity index (χ0n) is 11.1. The summed E-state index contributed by atoms with van der Waals surface area (Å²) in [6.07, 6.45) is 2.06. The molecule has 0 radical (unpaired) electrons. The third-order valence-electron chi connectivity index (χ3n) is 3.41. The van der Waals surface area contributed by atoms with E-state index in [1.165, 1.54) is 0 Å². The average Bonchev–Trinajstić information content (AvgIpc) is 2.71. The fourth-order valence-corrected chi connectivity index (χ4v) is 2.37. The van der Waals surface area contributed by atoms with E-state index in [1.54, 1.807) is 0 Å². The molecule has 2 N–H and O–H groups in total. The monoisotopic (exact) mass is 241 g/mol. The highest BCUT2D eigenvalue weighted by molar-refractivity contribution is 5.81. The number of nitriles is 1. The molecule has 1 atom stereocenters. The van der Waals surface area contributed by atoms with E-state index in [9.17, 15) is 0 Å². The first-order chi connectivity index (χ1) is 8.47. The molecule has 0 aliphatic heterocycles. The molecule has 0 aliphatic carbocycles. The van der Waals surface area contributed by atoms with E-state index >= 15 is 0 Å². The number of hydrogen-bond donors (Lipinski definition) is 1. The Hall–Kier alpha value is -1.79. The lowest BCUT2D eigenvalue weighted by molar-refractivity contribution is 0.254. The van der Waals surface area contributed by atoms with Crippen LogP contribution in [0, 0.1) is 16.7 Å². The zero-order valence-corrected chi connectivity index (χ0v) is 11.1. The lowest BCUT2D eigenvalue weighted by Gasteiger charge is -2.31. The van der Waals surface area contributed by atoms with Crippen LogP contribution >= 0.6 is 0 Å². The molecule has 1 aromatic carbocycles. The Bertz CT molecular complexity index is 596. The van der Waals surface area contributed by atoms with Crippen molar-refractivity contribution in [2.45, 2.75) is 26.8 Å². The third kappa shape index (κ3) is 2.12. The van der Waals surface area contributed by atoms with Gasteiger partial charge in [-0.25, -0.2) is 0 Å². The summed E-state index contributed by atoms with van der Waals surface area (Å²) in [6.45, 7) is 7.14. The second-order valence-electron chi connectivity index (χ2n) is 5.73. The molecule has 0 spiro atoms. The van der Waals surface area contributed by atoms with Crippen LogP contribution in [-0.4, -0.2) is 11.1 Å². The molecule has 0 fully saturated rings. The van der Waals surface area contributed by atoms with Crippen LogP contribution in [0.4, 0.5) is 0 Å². The molecular weight excluding hydrogens is 222 g/mol. The van der Waals surface area contributed by atoms with E-state index in [1.807, 2.05) is 18.2 Å². The summed E-state index contributed by atoms with van der Waals surface area (Å²) in [5.74, 6) is 0. The lowest BCUT2D eigenvalue weighted by atomic mass is 9.86. The van der Waals surface area contributed by atoms with Crippen molar-refractivity contribution in [3.63, 3.8) is 0 Å². The number of hydrogen-bond acceptors (Lipinski definition) is 2. The van der Waals surface area contributed by atoms with Crippen LogP contribution in [-0.2, 0) is 0 Å². The number of benzene rings is 1. The molecule has 3 nitrogen and oxygen atoms in total. The molecule has 1 aromatic heterocycles. The quantitative estimate of drug-likeness (QED) is 0.878. The van der Waals surface area contributed by atoms with Gasteiger partial charge in [0.25, 0.3) is 0 Å². The molecule has 0 aliphatic rings. The second-order valence-corrected chi connectivity index (χ2v) is 5.73. The molecule has 94 valence electrons. The van der Waals surface area contributed by atoms with Gasteiger partial charge >= 0.3 is 0 Å². The van der Waals surface area contributed by atoms with Gasteiger partial charge in [0.05, 0.1) is 17.7 Å². The minimum atomic E-state index is 0.0867. The smallest absolute Gasteiger partial charge is 0.0992 e. The summed E-state index contributed by atoms with van der Waals surface area (Å²) >= 11 is 0. The van der Waals surface area contributed by atoms with E-state index in [2.05, 4.69) is 43.7 Å². The Kier molecular flexibility index (Phi) is 3.14. The summed E-state index contributed by atoms with van der Waals surface area (Å²) in [6, 6.07) is 10.3. The largest absolute Gasteiger partial charge is 0.343 e. The van der Waals surface area contributed by atoms with Crippen molar-refractivity contribution in [2.24, 2.45) is 11.1 Å². The first kappa shape index (κ1) is 12.7. The van der Waals surface area contributed by atoms with Crippen LogP contribution < -0.4 is 5.73 Å². The Balaban J connectivity index is 2.61. The Morgan fingerprint density at radius 3 is 2.61 bits per heavy atom. The van der Waals surface area contributed by atoms with Gasteiger partial charge in [0.1, 0.15) is 0 Å². The highest BCUT2D eigenvalue weighted by Crippen LogP contribution is 2.33. The van der Waals surface area contributed by atoms with Crippen LogP contribution in [0.25, 0.3) is 10.9 Å². The molecule has 2 rings (SSSR count). The maximum absolute atomic E-state index is 9.00. The van der Waals surface area contributed by atoms with E-state index in [4.69, 9.17) is 11.0 Å². The maximum Gasteiger partial charge on any atom is 0.0992 e. The molecule has 3 heteroatoms. The minimum Gasteiger partial charge on any atom is -0.343 e. The van der Waals surface area contributed by atoms with E-state index in [0.29, 0.717) is 12.1 Å². The van der Waals surface area contributed by atoms with Crippen molar-refractivity contribution in [3.8, 4) is 6.07 Å². The predicted octanol–water partition coefficient (Wildman–Crippen LogP) is 3.06. The summed E-state index contributed by atoms with van der Waals surface area (Å²) in [5.41, 5.74) is 7.78. The Labute approximate surface area is 108 Å². The first-order valence-electron chi connectivity index (χ1n) is 6.18. The molecule has 0 saturated heterocycles. The van der Waals surface area contributed by atoms with Crippen LogP contribution in [0.3, 0.4) is 0 Å². The number of fused-ring (bicyclic) bond motifs is 1. The van der Waals surface area contributed by atoms with Crippen LogP contribution in [0.5, 0.6) is 0 Å². The van der Waals surface area contributed by atoms with Crippen molar-refractivity contribution < 1.29 is 0 Å². The standard InChI is InChI=1S/C15H19N3/c1-15(2,3)14(10-17)18-7-6-12-5-4-11(9-16)8-13(12)18/h4-8,14H,10,17H2,1-3H3. The lowest BCUT2D eigenvalue weighted by Crippen LogP contribution is -2.30. The van der Waals surface area contributed by atoms with Gasteiger partial charge in [-0.15, -0.1) is 0 Å². The van der Waals surface area contributed by atoms with Crippen LogP contribution in [0.1, 0.15) is 32.4 Å². The van der Waals surface area contributed by atoms with Gasteiger partial charge in [-0.2, -0.15) is 5.26 Å². The van der Waals surface area contributed by atoms with Gasteiger partial charge in [0.2, 0.25) is 0 Å². The molecule has 0 saturated carbocycles. The van der Waals surface area contributed by atoms with Gasteiger partial charge < -0.3 is 10.3 Å². The minimum absolute atomic E-state index is 0.0867. The normalized spacial score (nSPS) is 13.5. The fourth-order valence-electron chi connectivity index (χ4n) is 2.37. The summed E-state index contributed by atoms with van der Waals surface area (Å²) < 4.78 is 2.19. The Morgan fingerprint density at radius 2 is 2.06 bits per heavy atom. The molecule has 0 bridgehead atoms. The van der Waals surface area contributed by atoms with Gasteiger partial charge in [0.15, 0.2) is 0 Å². The highest BCUT2D eigenvalue weighted by atomic mass is 15.0. The molecule has 0 amide bonds. The second kappa shape index (κ2) is 4.47. The number of nitrogens with two attached hydrogens (primary N) is 1. The highest BCUT2D eigenvalue weighted by Gasteiger charge is 2.25. The molecule has 18 heavy (non-hydrogen) atoms. The topological polar surface area (TPSA) is 54.7 Å². The van der Waals surface area contributed by atoms with Crippen LogP contribution in [0.2, 0.25) is 0 Å². The maximum atomic E-state index is 9.00. The van der Waals surface area contributed by atoms with Gasteiger partial charge in [-0.3, -0.25) is 0 Å². The van der Waals surface area contributed by atoms with Crippen molar-refractivity contribution >= 4 is 10.9 Å². The van der Waals surface area contributed by atoms with Crippen LogP contribution in [0.15, 0.2) is 30.5 Å². The molecule has 2 aromatic rings. The number of aromatic nitrogens is 1. The zero-order chi connectivity index (χ0) is 13.3. The van der Waals surface area contributed by atoms with Crippen molar-refractivity contribution in [1.82, 2.24) is 4.57 Å². The first-order valence-corrected chi connectivity index (χ1v) is 6.18. The Morgan fingerprint density at radius 1 is 1.33 bits per heavy atom. The summed E-state index contributed by atoms with van der Waals surface area (Å²) in [4.78, 5) is 0. The fraction of sp³-hybridized carbons (Fsp3) is 0.400. The molecule has 1 heterocycles. The summed E-state index contributed by atoms with van der Waals surface area (Å²) in [7, 11) is 0.